The van der Waals surface area contributed by atoms with Crippen molar-refractivity contribution in [3.05, 3.63) is 0 Å². The van der Waals surface area contributed by atoms with Gasteiger partial charge in [-0.05, 0) is 31.9 Å². The first-order valence-corrected chi connectivity index (χ1v) is 6.49. The highest BCUT2D eigenvalue weighted by molar-refractivity contribution is 7.99. The fraction of sp³-hybridized carbons (Fsp3) is 1.00. The topological polar surface area (TPSA) is 21.3 Å². The molecule has 1 saturated carbocycles. The van der Waals surface area contributed by atoms with Crippen LogP contribution in [-0.4, -0.2) is 36.3 Å². The van der Waals surface area contributed by atoms with E-state index in [1.54, 1.807) is 0 Å². The van der Waals surface area contributed by atoms with Crippen molar-refractivity contribution in [2.45, 2.75) is 44.4 Å². The minimum Gasteiger partial charge on any atom is -0.378 e. The largest absolute Gasteiger partial charge is 0.378 e. The summed E-state index contributed by atoms with van der Waals surface area (Å²) in [6.07, 6.45) is 4.38. The van der Waals surface area contributed by atoms with E-state index >= 15 is 0 Å². The molecule has 1 N–H and O–H groups in total. The smallest absolute Gasteiger partial charge is 0.0604 e. The van der Waals surface area contributed by atoms with Crippen LogP contribution in [0.1, 0.15) is 26.2 Å². The molecule has 1 aliphatic carbocycles. The zero-order chi connectivity index (χ0) is 9.10. The van der Waals surface area contributed by atoms with Crippen molar-refractivity contribution in [3.8, 4) is 0 Å². The summed E-state index contributed by atoms with van der Waals surface area (Å²) in [4.78, 5) is 0. The van der Waals surface area contributed by atoms with Crippen molar-refractivity contribution in [1.82, 2.24) is 5.32 Å². The summed E-state index contributed by atoms with van der Waals surface area (Å²) >= 11 is 2.08. The summed E-state index contributed by atoms with van der Waals surface area (Å²) in [6, 6.07) is 1.54. The van der Waals surface area contributed by atoms with Crippen molar-refractivity contribution in [3.63, 3.8) is 0 Å². The van der Waals surface area contributed by atoms with Crippen LogP contribution < -0.4 is 5.32 Å². The van der Waals surface area contributed by atoms with Crippen LogP contribution in [0.2, 0.25) is 0 Å². The molecule has 13 heavy (non-hydrogen) atoms. The Morgan fingerprint density at radius 2 is 2.23 bits per heavy atom. The predicted octanol–water partition coefficient (Wildman–Crippen LogP) is 1.65. The van der Waals surface area contributed by atoms with Gasteiger partial charge in [-0.2, -0.15) is 11.8 Å². The molecule has 1 heterocycles. The van der Waals surface area contributed by atoms with Crippen LogP contribution >= 0.6 is 11.8 Å². The minimum atomic E-state index is 0.552. The highest BCUT2D eigenvalue weighted by Gasteiger charge is 2.31. The zero-order valence-corrected chi connectivity index (χ0v) is 9.11. The van der Waals surface area contributed by atoms with Crippen LogP contribution in [-0.2, 0) is 4.74 Å². The molecule has 1 atom stereocenters. The Morgan fingerprint density at radius 3 is 2.85 bits per heavy atom. The second kappa shape index (κ2) is 4.67. The van der Waals surface area contributed by atoms with Gasteiger partial charge in [0.25, 0.3) is 0 Å². The van der Waals surface area contributed by atoms with E-state index in [0.29, 0.717) is 6.10 Å². The molecule has 3 heteroatoms. The van der Waals surface area contributed by atoms with Crippen molar-refractivity contribution in [1.29, 1.82) is 0 Å². The Labute approximate surface area is 84.8 Å². The second-order valence-electron chi connectivity index (χ2n) is 3.97. The Bertz CT molecular complexity index is 153. The van der Waals surface area contributed by atoms with Gasteiger partial charge in [-0.15, -0.1) is 0 Å². The van der Waals surface area contributed by atoms with Crippen molar-refractivity contribution >= 4 is 11.8 Å². The average molecular weight is 201 g/mol. The Kier molecular flexibility index (Phi) is 3.52. The Balaban J connectivity index is 1.58. The van der Waals surface area contributed by atoms with Gasteiger partial charge in [-0.1, -0.05) is 0 Å². The number of thioether (sulfide) groups is 1. The predicted molar refractivity (Wildman–Crippen MR) is 57.3 cm³/mol. The van der Waals surface area contributed by atoms with Crippen LogP contribution in [0, 0.1) is 0 Å². The van der Waals surface area contributed by atoms with Gasteiger partial charge >= 0.3 is 0 Å². The van der Waals surface area contributed by atoms with Crippen molar-refractivity contribution < 1.29 is 4.74 Å². The summed E-state index contributed by atoms with van der Waals surface area (Å²) in [7, 11) is 0. The van der Waals surface area contributed by atoms with Gasteiger partial charge in [0.2, 0.25) is 0 Å². The molecule has 1 unspecified atom stereocenters. The van der Waals surface area contributed by atoms with Gasteiger partial charge in [0, 0.05) is 24.4 Å². The second-order valence-corrected chi connectivity index (χ2v) is 5.12. The van der Waals surface area contributed by atoms with Gasteiger partial charge in [-0.25, -0.2) is 0 Å². The lowest BCUT2D eigenvalue weighted by Crippen LogP contribution is -2.49. The Hall–Kier alpha value is 0.270. The third-order valence-electron chi connectivity index (χ3n) is 2.90. The number of rotatable bonds is 4. The summed E-state index contributed by atoms with van der Waals surface area (Å²) in [5, 5.41) is 3.70. The molecular weight excluding hydrogens is 182 g/mol. The van der Waals surface area contributed by atoms with Crippen molar-refractivity contribution in [2.24, 2.45) is 0 Å². The quantitative estimate of drug-likeness (QED) is 0.747. The normalized spacial score (nSPS) is 39.0. The maximum absolute atomic E-state index is 5.53. The summed E-state index contributed by atoms with van der Waals surface area (Å²) in [6.45, 7) is 2.95. The van der Waals surface area contributed by atoms with Gasteiger partial charge in [0.05, 0.1) is 6.10 Å². The van der Waals surface area contributed by atoms with E-state index in [1.807, 2.05) is 0 Å². The van der Waals surface area contributed by atoms with Crippen LogP contribution in [0.15, 0.2) is 0 Å². The van der Waals surface area contributed by atoms with Gasteiger partial charge in [0.15, 0.2) is 0 Å². The summed E-state index contributed by atoms with van der Waals surface area (Å²) < 4.78 is 5.53. The molecule has 1 aliphatic heterocycles. The molecule has 0 aromatic rings. The van der Waals surface area contributed by atoms with Crippen molar-refractivity contribution in [2.75, 3.05) is 18.1 Å². The van der Waals surface area contributed by atoms with Crippen LogP contribution in [0.5, 0.6) is 0 Å². The molecular formula is C10H19NOS. The van der Waals surface area contributed by atoms with E-state index in [9.17, 15) is 0 Å². The maximum atomic E-state index is 5.53. The molecule has 76 valence electrons. The standard InChI is InChI=1S/C10H19NOS/c1-2-12-10-5-9(6-10)11-8-3-4-13-7-8/h8-11H,2-7H2,1H3. The van der Waals surface area contributed by atoms with E-state index in [1.165, 1.54) is 30.8 Å². The van der Waals surface area contributed by atoms with Gasteiger partial charge in [0.1, 0.15) is 0 Å². The molecule has 1 saturated heterocycles. The highest BCUT2D eigenvalue weighted by atomic mass is 32.2. The van der Waals surface area contributed by atoms with Crippen LogP contribution in [0.25, 0.3) is 0 Å². The van der Waals surface area contributed by atoms with Gasteiger partial charge < -0.3 is 10.1 Å². The van der Waals surface area contributed by atoms with Crippen LogP contribution in [0.4, 0.5) is 0 Å². The number of ether oxygens (including phenoxy) is 1. The van der Waals surface area contributed by atoms with Crippen LogP contribution in [0.3, 0.4) is 0 Å². The number of hydrogen-bond donors (Lipinski definition) is 1. The lowest BCUT2D eigenvalue weighted by atomic mass is 9.88. The molecule has 2 rings (SSSR count). The van der Waals surface area contributed by atoms with E-state index in [4.69, 9.17) is 4.74 Å². The molecule has 2 nitrogen and oxygen atoms in total. The summed E-state index contributed by atoms with van der Waals surface area (Å²) in [5.41, 5.74) is 0. The van der Waals surface area contributed by atoms with E-state index in [0.717, 1.165) is 18.7 Å². The fourth-order valence-corrected chi connectivity index (χ4v) is 3.24. The SMILES string of the molecule is CCOC1CC(NC2CCSC2)C1. The molecule has 0 amide bonds. The molecule has 0 aromatic carbocycles. The third kappa shape index (κ3) is 2.61. The summed E-state index contributed by atoms with van der Waals surface area (Å²) in [5.74, 6) is 2.66. The monoisotopic (exact) mass is 201 g/mol. The van der Waals surface area contributed by atoms with E-state index < -0.39 is 0 Å². The highest BCUT2D eigenvalue weighted by Crippen LogP contribution is 2.26. The number of hydrogen-bond acceptors (Lipinski definition) is 3. The first kappa shape index (κ1) is 9.81. The average Bonchev–Trinajstić information content (AvgIpc) is 2.53. The molecule has 2 fully saturated rings. The number of nitrogens with one attached hydrogen (secondary N) is 1. The zero-order valence-electron chi connectivity index (χ0n) is 8.29. The van der Waals surface area contributed by atoms with Gasteiger partial charge in [-0.3, -0.25) is 0 Å². The first-order valence-electron chi connectivity index (χ1n) is 5.34. The Morgan fingerprint density at radius 1 is 1.38 bits per heavy atom. The lowest BCUT2D eigenvalue weighted by Gasteiger charge is -2.37. The molecule has 0 radical (unpaired) electrons. The minimum absolute atomic E-state index is 0.552. The molecule has 2 aliphatic rings. The fourth-order valence-electron chi connectivity index (χ4n) is 2.07. The lowest BCUT2D eigenvalue weighted by molar-refractivity contribution is -0.0117. The third-order valence-corrected chi connectivity index (χ3v) is 4.06. The molecule has 0 aromatic heterocycles. The van der Waals surface area contributed by atoms with E-state index in [-0.39, 0.29) is 0 Å². The maximum Gasteiger partial charge on any atom is 0.0604 e. The van der Waals surface area contributed by atoms with E-state index in [2.05, 4.69) is 24.0 Å². The first-order chi connectivity index (χ1) is 6.38. The molecule has 0 bridgehead atoms. The molecule has 0 spiro atoms.